The van der Waals surface area contributed by atoms with Crippen LogP contribution in [0.25, 0.3) is 0 Å². The highest BCUT2D eigenvalue weighted by Crippen LogP contribution is 2.31. The van der Waals surface area contributed by atoms with Crippen LogP contribution in [0, 0.1) is 5.41 Å². The molecule has 0 spiro atoms. The van der Waals surface area contributed by atoms with Crippen LogP contribution in [0.5, 0.6) is 0 Å². The van der Waals surface area contributed by atoms with Crippen molar-refractivity contribution in [3.8, 4) is 0 Å². The van der Waals surface area contributed by atoms with Crippen molar-refractivity contribution in [3.05, 3.63) is 0 Å². The molecule has 2 saturated heterocycles. The number of sulfonamides is 1. The molecule has 4 nitrogen and oxygen atoms in total. The zero-order valence-corrected chi connectivity index (χ0v) is 12.4. The molecule has 2 rings (SSSR count). The number of hydrogen-bond acceptors (Lipinski definition) is 3. The van der Waals surface area contributed by atoms with Crippen molar-refractivity contribution in [2.75, 3.05) is 25.4 Å². The van der Waals surface area contributed by atoms with Gasteiger partial charge >= 0.3 is 0 Å². The van der Waals surface area contributed by atoms with Crippen LogP contribution in [0.1, 0.15) is 46.0 Å². The van der Waals surface area contributed by atoms with E-state index in [9.17, 15) is 8.42 Å². The van der Waals surface area contributed by atoms with Crippen molar-refractivity contribution in [2.45, 2.75) is 52.0 Å². The molecule has 106 valence electrons. The second kappa shape index (κ2) is 5.47. The molecular formula is C13H26N2O2S. The summed E-state index contributed by atoms with van der Waals surface area (Å²) in [7, 11) is -3.06. The van der Waals surface area contributed by atoms with Crippen molar-refractivity contribution in [3.63, 3.8) is 0 Å². The lowest BCUT2D eigenvalue weighted by Crippen LogP contribution is -2.47. The van der Waals surface area contributed by atoms with Crippen molar-refractivity contribution < 1.29 is 8.42 Å². The molecule has 0 aromatic rings. The van der Waals surface area contributed by atoms with E-state index in [1.165, 1.54) is 6.42 Å². The van der Waals surface area contributed by atoms with E-state index in [1.807, 2.05) is 0 Å². The summed E-state index contributed by atoms with van der Waals surface area (Å²) in [6.07, 6.45) is 5.28. The van der Waals surface area contributed by atoms with Crippen LogP contribution in [0.4, 0.5) is 0 Å². The highest BCUT2D eigenvalue weighted by atomic mass is 32.2. The molecular weight excluding hydrogens is 248 g/mol. The SMILES string of the molecule is CC1(C)CCN(S(=O)(=O)CC2CCCCN2)CC1. The Hall–Kier alpha value is -0.130. The zero-order chi connectivity index (χ0) is 13.2. The maximum Gasteiger partial charge on any atom is 0.215 e. The van der Waals surface area contributed by atoms with Gasteiger partial charge < -0.3 is 5.32 Å². The molecule has 0 aliphatic carbocycles. The number of rotatable bonds is 3. The number of hydrogen-bond donors (Lipinski definition) is 1. The van der Waals surface area contributed by atoms with E-state index in [0.29, 0.717) is 18.5 Å². The van der Waals surface area contributed by atoms with Crippen molar-refractivity contribution in [1.82, 2.24) is 9.62 Å². The zero-order valence-electron chi connectivity index (χ0n) is 11.6. The van der Waals surface area contributed by atoms with Crippen molar-refractivity contribution in [1.29, 1.82) is 0 Å². The minimum Gasteiger partial charge on any atom is -0.313 e. The van der Waals surface area contributed by atoms with E-state index >= 15 is 0 Å². The van der Waals surface area contributed by atoms with E-state index in [4.69, 9.17) is 0 Å². The van der Waals surface area contributed by atoms with Gasteiger partial charge in [-0.05, 0) is 37.6 Å². The largest absolute Gasteiger partial charge is 0.313 e. The summed E-state index contributed by atoms with van der Waals surface area (Å²) in [5.41, 5.74) is 0.301. The van der Waals surface area contributed by atoms with Gasteiger partial charge in [-0.15, -0.1) is 0 Å². The van der Waals surface area contributed by atoms with Crippen LogP contribution in [0.15, 0.2) is 0 Å². The predicted molar refractivity (Wildman–Crippen MR) is 74.0 cm³/mol. The van der Waals surface area contributed by atoms with Gasteiger partial charge in [0.25, 0.3) is 0 Å². The molecule has 2 aliphatic heterocycles. The molecule has 0 aromatic carbocycles. The fourth-order valence-electron chi connectivity index (χ4n) is 2.80. The Bertz CT molecular complexity index is 362. The molecule has 18 heavy (non-hydrogen) atoms. The number of piperidine rings is 2. The fraction of sp³-hybridized carbons (Fsp3) is 1.00. The van der Waals surface area contributed by atoms with E-state index in [-0.39, 0.29) is 11.8 Å². The summed E-state index contributed by atoms with van der Waals surface area (Å²) < 4.78 is 26.4. The molecule has 5 heteroatoms. The molecule has 1 atom stereocenters. The van der Waals surface area contributed by atoms with E-state index in [0.717, 1.165) is 32.2 Å². The highest BCUT2D eigenvalue weighted by molar-refractivity contribution is 7.89. The minimum absolute atomic E-state index is 0.165. The Kier molecular flexibility index (Phi) is 4.34. The van der Waals surface area contributed by atoms with Gasteiger partial charge in [-0.2, -0.15) is 0 Å². The lowest BCUT2D eigenvalue weighted by Gasteiger charge is -2.37. The van der Waals surface area contributed by atoms with Gasteiger partial charge in [-0.3, -0.25) is 0 Å². The van der Waals surface area contributed by atoms with Crippen molar-refractivity contribution in [2.24, 2.45) is 5.41 Å². The Morgan fingerprint density at radius 1 is 1.22 bits per heavy atom. The van der Waals surface area contributed by atoms with E-state index < -0.39 is 10.0 Å². The Labute approximate surface area is 111 Å². The van der Waals surface area contributed by atoms with Crippen LogP contribution < -0.4 is 5.32 Å². The standard InChI is InChI=1S/C13H26N2O2S/c1-13(2)6-9-15(10-7-13)18(16,17)11-12-5-3-4-8-14-12/h12,14H,3-11H2,1-2H3. The summed E-state index contributed by atoms with van der Waals surface area (Å²) >= 11 is 0. The quantitative estimate of drug-likeness (QED) is 0.850. The lowest BCUT2D eigenvalue weighted by atomic mass is 9.83. The lowest BCUT2D eigenvalue weighted by molar-refractivity contribution is 0.195. The number of nitrogens with zero attached hydrogens (tertiary/aromatic N) is 1. The average Bonchev–Trinajstić information content (AvgIpc) is 2.29. The van der Waals surface area contributed by atoms with Gasteiger partial charge in [-0.1, -0.05) is 20.3 Å². The van der Waals surface area contributed by atoms with Crippen LogP contribution in [0.2, 0.25) is 0 Å². The second-order valence-electron chi connectivity index (χ2n) is 6.49. The first kappa shape index (κ1) is 14.3. The van der Waals surface area contributed by atoms with Crippen LogP contribution >= 0.6 is 0 Å². The highest BCUT2D eigenvalue weighted by Gasteiger charge is 2.33. The third-order valence-corrected chi connectivity index (χ3v) is 6.27. The van der Waals surface area contributed by atoms with Crippen LogP contribution in [-0.2, 0) is 10.0 Å². The molecule has 0 amide bonds. The van der Waals surface area contributed by atoms with Gasteiger partial charge in [0.15, 0.2) is 0 Å². The summed E-state index contributed by atoms with van der Waals surface area (Å²) in [6, 6.07) is 0.165. The molecule has 2 fully saturated rings. The van der Waals surface area contributed by atoms with Gasteiger partial charge in [-0.25, -0.2) is 12.7 Å². The third-order valence-electron chi connectivity index (χ3n) is 4.29. The predicted octanol–water partition coefficient (Wildman–Crippen LogP) is 1.58. The fourth-order valence-corrected chi connectivity index (χ4v) is 4.54. The summed E-state index contributed by atoms with van der Waals surface area (Å²) in [6.45, 7) is 6.80. The van der Waals surface area contributed by atoms with Crippen LogP contribution in [-0.4, -0.2) is 44.2 Å². The maximum absolute atomic E-state index is 12.4. The van der Waals surface area contributed by atoms with E-state index in [2.05, 4.69) is 19.2 Å². The molecule has 1 N–H and O–H groups in total. The molecule has 0 bridgehead atoms. The van der Waals surface area contributed by atoms with Gasteiger partial charge in [0.05, 0.1) is 5.75 Å². The maximum atomic E-state index is 12.4. The van der Waals surface area contributed by atoms with E-state index in [1.54, 1.807) is 4.31 Å². The molecule has 0 aromatic heterocycles. The molecule has 2 aliphatic rings. The van der Waals surface area contributed by atoms with Gasteiger partial charge in [0.2, 0.25) is 10.0 Å². The second-order valence-corrected chi connectivity index (χ2v) is 8.50. The Morgan fingerprint density at radius 3 is 2.44 bits per heavy atom. The first-order valence-electron chi connectivity index (χ1n) is 7.10. The number of nitrogens with one attached hydrogen (secondary N) is 1. The Morgan fingerprint density at radius 2 is 1.89 bits per heavy atom. The summed E-state index contributed by atoms with van der Waals surface area (Å²) in [5.74, 6) is 0.285. The Balaban J connectivity index is 1.90. The van der Waals surface area contributed by atoms with Gasteiger partial charge in [0, 0.05) is 19.1 Å². The molecule has 1 unspecified atom stereocenters. The first-order valence-corrected chi connectivity index (χ1v) is 8.71. The average molecular weight is 274 g/mol. The van der Waals surface area contributed by atoms with Gasteiger partial charge in [0.1, 0.15) is 0 Å². The summed E-state index contributed by atoms with van der Waals surface area (Å²) in [5, 5.41) is 3.32. The molecule has 0 radical (unpaired) electrons. The first-order chi connectivity index (χ1) is 8.39. The smallest absolute Gasteiger partial charge is 0.215 e. The minimum atomic E-state index is -3.06. The van der Waals surface area contributed by atoms with Crippen molar-refractivity contribution >= 4 is 10.0 Å². The summed E-state index contributed by atoms with van der Waals surface area (Å²) in [4.78, 5) is 0. The third kappa shape index (κ3) is 3.68. The van der Waals surface area contributed by atoms with Crippen LogP contribution in [0.3, 0.4) is 0 Å². The molecule has 0 saturated carbocycles. The normalized spacial score (nSPS) is 30.2. The monoisotopic (exact) mass is 274 g/mol. The molecule has 2 heterocycles. The topological polar surface area (TPSA) is 49.4 Å².